The molecule has 1 aromatic rings. The molecule has 2 rings (SSSR count). The normalized spacial score (nSPS) is 18.9. The number of benzene rings is 1. The lowest BCUT2D eigenvalue weighted by Gasteiger charge is -2.31. The number of hydrogen-bond donors (Lipinski definition) is 1. The van der Waals surface area contributed by atoms with Gasteiger partial charge in [0, 0.05) is 25.7 Å². The molecule has 0 aliphatic carbocycles. The number of likely N-dealkylation sites (N-methyl/N-ethyl adjacent to an activating group) is 1. The Labute approximate surface area is 129 Å². The molecular weight excluding hydrogens is 287 g/mol. The summed E-state index contributed by atoms with van der Waals surface area (Å²) in [7, 11) is 1.63. The Morgan fingerprint density at radius 1 is 1.41 bits per heavy atom. The van der Waals surface area contributed by atoms with E-state index in [1.54, 1.807) is 25.2 Å². The first-order chi connectivity index (χ1) is 10.5. The van der Waals surface area contributed by atoms with Crippen LogP contribution in [0.2, 0.25) is 0 Å². The van der Waals surface area contributed by atoms with Gasteiger partial charge < -0.3 is 10.0 Å². The summed E-state index contributed by atoms with van der Waals surface area (Å²) in [6, 6.07) is 6.37. The predicted octanol–water partition coefficient (Wildman–Crippen LogP) is 1.58. The molecule has 1 unspecified atom stereocenters. The SMILES string of the molecule is CN(Cc1ccccc1F)C(=O)CN1CCCC(C(=O)O)C1. The number of carboxylic acid groups (broad SMARTS) is 1. The maximum Gasteiger partial charge on any atom is 0.307 e. The molecule has 0 aromatic heterocycles. The van der Waals surface area contributed by atoms with E-state index in [4.69, 9.17) is 5.11 Å². The molecule has 22 heavy (non-hydrogen) atoms. The monoisotopic (exact) mass is 308 g/mol. The summed E-state index contributed by atoms with van der Waals surface area (Å²) in [5, 5.41) is 9.06. The molecule has 1 heterocycles. The summed E-state index contributed by atoms with van der Waals surface area (Å²) in [5.41, 5.74) is 0.473. The Hall–Kier alpha value is -1.95. The van der Waals surface area contributed by atoms with E-state index >= 15 is 0 Å². The van der Waals surface area contributed by atoms with Crippen molar-refractivity contribution in [3.05, 3.63) is 35.6 Å². The number of hydrogen-bond acceptors (Lipinski definition) is 3. The van der Waals surface area contributed by atoms with Gasteiger partial charge in [0.2, 0.25) is 5.91 Å². The van der Waals surface area contributed by atoms with E-state index in [2.05, 4.69) is 0 Å². The van der Waals surface area contributed by atoms with Gasteiger partial charge in [-0.2, -0.15) is 0 Å². The van der Waals surface area contributed by atoms with E-state index in [1.165, 1.54) is 11.0 Å². The van der Waals surface area contributed by atoms with E-state index in [9.17, 15) is 14.0 Å². The van der Waals surface area contributed by atoms with Gasteiger partial charge in [0.1, 0.15) is 5.82 Å². The van der Waals surface area contributed by atoms with Crippen molar-refractivity contribution in [3.63, 3.8) is 0 Å². The van der Waals surface area contributed by atoms with Crippen molar-refractivity contribution in [1.29, 1.82) is 0 Å². The average Bonchev–Trinajstić information content (AvgIpc) is 2.49. The van der Waals surface area contributed by atoms with Gasteiger partial charge in [-0.05, 0) is 25.5 Å². The number of piperidine rings is 1. The first-order valence-electron chi connectivity index (χ1n) is 7.40. The summed E-state index contributed by atoms with van der Waals surface area (Å²) in [4.78, 5) is 26.6. The Morgan fingerprint density at radius 3 is 2.82 bits per heavy atom. The molecule has 0 saturated carbocycles. The molecule has 5 nitrogen and oxygen atoms in total. The third-order valence-electron chi connectivity index (χ3n) is 4.00. The van der Waals surface area contributed by atoms with Crippen LogP contribution in [0.4, 0.5) is 4.39 Å². The van der Waals surface area contributed by atoms with Crippen LogP contribution in [0.5, 0.6) is 0 Å². The zero-order chi connectivity index (χ0) is 16.1. The number of carbonyl (C=O) groups excluding carboxylic acids is 1. The van der Waals surface area contributed by atoms with Gasteiger partial charge in [0.25, 0.3) is 0 Å². The largest absolute Gasteiger partial charge is 0.481 e. The van der Waals surface area contributed by atoms with Crippen molar-refractivity contribution >= 4 is 11.9 Å². The highest BCUT2D eigenvalue weighted by Crippen LogP contribution is 2.17. The van der Waals surface area contributed by atoms with Crippen LogP contribution >= 0.6 is 0 Å². The fourth-order valence-electron chi connectivity index (χ4n) is 2.68. The Kier molecular flexibility index (Phi) is 5.49. The van der Waals surface area contributed by atoms with Crippen LogP contribution in [0.15, 0.2) is 24.3 Å². The lowest BCUT2D eigenvalue weighted by Crippen LogP contribution is -2.44. The average molecular weight is 308 g/mol. The fourth-order valence-corrected chi connectivity index (χ4v) is 2.68. The van der Waals surface area contributed by atoms with Gasteiger partial charge in [-0.1, -0.05) is 18.2 Å². The summed E-state index contributed by atoms with van der Waals surface area (Å²) in [5.74, 6) is -1.67. The first-order valence-corrected chi connectivity index (χ1v) is 7.40. The quantitative estimate of drug-likeness (QED) is 0.897. The number of halogens is 1. The Morgan fingerprint density at radius 2 is 2.14 bits per heavy atom. The molecule has 1 aliphatic heterocycles. The minimum Gasteiger partial charge on any atom is -0.481 e. The van der Waals surface area contributed by atoms with Crippen molar-refractivity contribution in [1.82, 2.24) is 9.80 Å². The second-order valence-electron chi connectivity index (χ2n) is 5.75. The van der Waals surface area contributed by atoms with Crippen molar-refractivity contribution in [2.45, 2.75) is 19.4 Å². The minimum absolute atomic E-state index is 0.130. The predicted molar refractivity (Wildman–Crippen MR) is 79.7 cm³/mol. The van der Waals surface area contributed by atoms with E-state index in [0.717, 1.165) is 13.0 Å². The highest BCUT2D eigenvalue weighted by molar-refractivity contribution is 5.78. The Bertz CT molecular complexity index is 550. The topological polar surface area (TPSA) is 60.9 Å². The van der Waals surface area contributed by atoms with Crippen molar-refractivity contribution in [2.24, 2.45) is 5.92 Å². The zero-order valence-corrected chi connectivity index (χ0v) is 12.7. The number of carboxylic acids is 1. The van der Waals surface area contributed by atoms with Crippen molar-refractivity contribution < 1.29 is 19.1 Å². The van der Waals surface area contributed by atoms with Crippen molar-refractivity contribution in [2.75, 3.05) is 26.7 Å². The van der Waals surface area contributed by atoms with E-state index in [0.29, 0.717) is 18.5 Å². The van der Waals surface area contributed by atoms with Gasteiger partial charge in [0.05, 0.1) is 12.5 Å². The summed E-state index contributed by atoms with van der Waals surface area (Å²) >= 11 is 0. The summed E-state index contributed by atoms with van der Waals surface area (Å²) < 4.78 is 13.6. The van der Waals surface area contributed by atoms with Crippen LogP contribution in [0.1, 0.15) is 18.4 Å². The smallest absolute Gasteiger partial charge is 0.307 e. The van der Waals surface area contributed by atoms with Crippen LogP contribution in [-0.4, -0.2) is 53.5 Å². The van der Waals surface area contributed by atoms with E-state index < -0.39 is 11.9 Å². The standard InChI is InChI=1S/C16H21FN2O3/c1-18(9-12-5-2-3-7-14(12)17)15(20)11-19-8-4-6-13(10-19)16(21)22/h2-3,5,7,13H,4,6,8-11H2,1H3,(H,21,22). The summed E-state index contributed by atoms with van der Waals surface area (Å²) in [6.07, 6.45) is 1.44. The number of likely N-dealkylation sites (tertiary alicyclic amines) is 1. The van der Waals surface area contributed by atoms with Crippen LogP contribution in [0, 0.1) is 11.7 Å². The third-order valence-corrected chi connectivity index (χ3v) is 4.00. The zero-order valence-electron chi connectivity index (χ0n) is 12.7. The van der Waals surface area contributed by atoms with E-state index in [1.807, 2.05) is 4.90 Å². The molecule has 1 aromatic carbocycles. The molecule has 1 atom stereocenters. The van der Waals surface area contributed by atoms with Crippen LogP contribution in [0.3, 0.4) is 0 Å². The van der Waals surface area contributed by atoms with Crippen LogP contribution in [0.25, 0.3) is 0 Å². The summed E-state index contributed by atoms with van der Waals surface area (Å²) in [6.45, 7) is 1.51. The number of rotatable bonds is 5. The fraction of sp³-hybridized carbons (Fsp3) is 0.500. The number of amides is 1. The van der Waals surface area contributed by atoms with Gasteiger partial charge >= 0.3 is 5.97 Å². The molecule has 0 spiro atoms. The molecule has 1 N–H and O–H groups in total. The highest BCUT2D eigenvalue weighted by atomic mass is 19.1. The molecular formula is C16H21FN2O3. The second kappa shape index (κ2) is 7.35. The highest BCUT2D eigenvalue weighted by Gasteiger charge is 2.27. The van der Waals surface area contributed by atoms with Crippen LogP contribution < -0.4 is 0 Å². The van der Waals surface area contributed by atoms with Crippen LogP contribution in [-0.2, 0) is 16.1 Å². The van der Waals surface area contributed by atoms with Gasteiger partial charge in [-0.3, -0.25) is 14.5 Å². The molecule has 1 aliphatic rings. The van der Waals surface area contributed by atoms with Crippen molar-refractivity contribution in [3.8, 4) is 0 Å². The van der Waals surface area contributed by atoms with E-state index in [-0.39, 0.29) is 24.8 Å². The Balaban J connectivity index is 1.88. The maximum absolute atomic E-state index is 13.6. The lowest BCUT2D eigenvalue weighted by atomic mass is 9.98. The van der Waals surface area contributed by atoms with Gasteiger partial charge in [0.15, 0.2) is 0 Å². The minimum atomic E-state index is -0.808. The second-order valence-corrected chi connectivity index (χ2v) is 5.75. The number of carbonyl (C=O) groups is 2. The molecule has 6 heteroatoms. The molecule has 120 valence electrons. The number of nitrogens with zero attached hydrogens (tertiary/aromatic N) is 2. The molecule has 0 radical (unpaired) electrons. The molecule has 1 saturated heterocycles. The number of aliphatic carboxylic acids is 1. The lowest BCUT2D eigenvalue weighted by molar-refractivity contribution is -0.144. The molecule has 1 amide bonds. The first kappa shape index (κ1) is 16.4. The maximum atomic E-state index is 13.6. The third kappa shape index (κ3) is 4.27. The van der Waals surface area contributed by atoms with Gasteiger partial charge in [-0.15, -0.1) is 0 Å². The van der Waals surface area contributed by atoms with Gasteiger partial charge in [-0.25, -0.2) is 4.39 Å². The molecule has 0 bridgehead atoms. The molecule has 1 fully saturated rings.